The molecular formula is C21H29N5O4. The van der Waals surface area contributed by atoms with Crippen molar-refractivity contribution in [2.45, 2.75) is 46.0 Å². The second kappa shape index (κ2) is 12.4. The number of anilines is 1. The Kier molecular flexibility index (Phi) is 9.50. The highest BCUT2D eigenvalue weighted by atomic mass is 16.5. The van der Waals surface area contributed by atoms with Gasteiger partial charge in [-0.3, -0.25) is 14.4 Å². The standard InChI is InChI=1S/C21H29N5O4/c1-3-12-26(14-19(27)23-18-10-6-4-8-16(18)2)20(28)15-30-21(29)11-7-5-9-17-13-22-25-24-17/h4,6,8,10,13H,3,5,7,9,11-12,14-15H2,1-2H3,(H,23,27)(H,22,24,25). The molecule has 0 fully saturated rings. The van der Waals surface area contributed by atoms with Crippen LogP contribution in [-0.4, -0.2) is 57.8 Å². The summed E-state index contributed by atoms with van der Waals surface area (Å²) in [6.07, 6.45) is 4.71. The van der Waals surface area contributed by atoms with Crippen LogP contribution in [0.3, 0.4) is 0 Å². The molecule has 2 amide bonds. The number of hydrogen-bond acceptors (Lipinski definition) is 6. The Balaban J connectivity index is 1.72. The van der Waals surface area contributed by atoms with Gasteiger partial charge in [-0.2, -0.15) is 15.4 Å². The molecule has 0 radical (unpaired) electrons. The van der Waals surface area contributed by atoms with E-state index in [2.05, 4.69) is 20.7 Å². The van der Waals surface area contributed by atoms with Crippen LogP contribution in [0, 0.1) is 6.92 Å². The molecule has 1 heterocycles. The van der Waals surface area contributed by atoms with Crippen molar-refractivity contribution in [2.75, 3.05) is 25.0 Å². The number of aromatic nitrogens is 3. The third kappa shape index (κ3) is 8.02. The minimum Gasteiger partial charge on any atom is -0.456 e. The van der Waals surface area contributed by atoms with Crippen LogP contribution in [0.2, 0.25) is 0 Å². The topological polar surface area (TPSA) is 117 Å². The van der Waals surface area contributed by atoms with E-state index in [4.69, 9.17) is 4.74 Å². The minimum absolute atomic E-state index is 0.0870. The maximum atomic E-state index is 12.4. The predicted molar refractivity (Wildman–Crippen MR) is 112 cm³/mol. The Morgan fingerprint density at radius 3 is 2.70 bits per heavy atom. The van der Waals surface area contributed by atoms with E-state index in [-0.39, 0.29) is 31.4 Å². The van der Waals surface area contributed by atoms with E-state index < -0.39 is 5.97 Å². The molecule has 2 aromatic rings. The summed E-state index contributed by atoms with van der Waals surface area (Å²) in [7, 11) is 0. The van der Waals surface area contributed by atoms with Crippen LogP contribution in [0.5, 0.6) is 0 Å². The van der Waals surface area contributed by atoms with Crippen molar-refractivity contribution in [3.05, 3.63) is 41.7 Å². The number of esters is 1. The summed E-state index contributed by atoms with van der Waals surface area (Å²) in [5.41, 5.74) is 2.50. The van der Waals surface area contributed by atoms with E-state index in [0.29, 0.717) is 25.1 Å². The first kappa shape index (κ1) is 23.1. The van der Waals surface area contributed by atoms with Crippen molar-refractivity contribution in [1.82, 2.24) is 20.3 Å². The SMILES string of the molecule is CCCN(CC(=O)Nc1ccccc1C)C(=O)COC(=O)CCCCc1cn[nH]n1. The molecule has 2 rings (SSSR count). The molecule has 0 atom stereocenters. The summed E-state index contributed by atoms with van der Waals surface area (Å²) in [5.74, 6) is -1.10. The van der Waals surface area contributed by atoms with Gasteiger partial charge in [0, 0.05) is 18.7 Å². The normalized spacial score (nSPS) is 10.5. The first-order valence-corrected chi connectivity index (χ1v) is 10.1. The van der Waals surface area contributed by atoms with Crippen molar-refractivity contribution in [3.63, 3.8) is 0 Å². The van der Waals surface area contributed by atoms with Crippen LogP contribution in [0.1, 0.15) is 43.9 Å². The third-order valence-electron chi connectivity index (χ3n) is 4.49. The van der Waals surface area contributed by atoms with E-state index in [1.54, 1.807) is 6.20 Å². The fourth-order valence-electron chi connectivity index (χ4n) is 2.87. The maximum absolute atomic E-state index is 12.4. The Hall–Kier alpha value is -3.23. The quantitative estimate of drug-likeness (QED) is 0.406. The average molecular weight is 415 g/mol. The van der Waals surface area contributed by atoms with Gasteiger partial charge in [0.25, 0.3) is 5.91 Å². The van der Waals surface area contributed by atoms with Crippen LogP contribution < -0.4 is 5.32 Å². The number of hydrogen-bond donors (Lipinski definition) is 2. The van der Waals surface area contributed by atoms with Crippen LogP contribution >= 0.6 is 0 Å². The maximum Gasteiger partial charge on any atom is 0.306 e. The molecule has 1 aromatic carbocycles. The molecule has 0 spiro atoms. The average Bonchev–Trinajstić information content (AvgIpc) is 3.24. The second-order valence-electron chi connectivity index (χ2n) is 7.01. The fourth-order valence-corrected chi connectivity index (χ4v) is 2.87. The van der Waals surface area contributed by atoms with Crippen LogP contribution in [0.4, 0.5) is 5.69 Å². The summed E-state index contributed by atoms with van der Waals surface area (Å²) in [6, 6.07) is 7.43. The van der Waals surface area contributed by atoms with E-state index >= 15 is 0 Å². The number of aryl methyl sites for hydroxylation is 2. The van der Waals surface area contributed by atoms with Crippen LogP contribution in [-0.2, 0) is 25.5 Å². The Bertz CT molecular complexity index is 823. The zero-order valence-corrected chi connectivity index (χ0v) is 17.5. The summed E-state index contributed by atoms with van der Waals surface area (Å²) in [4.78, 5) is 38.1. The smallest absolute Gasteiger partial charge is 0.306 e. The van der Waals surface area contributed by atoms with Gasteiger partial charge in [0.05, 0.1) is 18.4 Å². The number of benzene rings is 1. The number of rotatable bonds is 12. The number of H-pyrrole nitrogens is 1. The van der Waals surface area contributed by atoms with E-state index in [9.17, 15) is 14.4 Å². The number of carbonyl (C=O) groups excluding carboxylic acids is 3. The number of carbonyl (C=O) groups is 3. The lowest BCUT2D eigenvalue weighted by Gasteiger charge is -2.21. The zero-order chi connectivity index (χ0) is 21.8. The van der Waals surface area contributed by atoms with E-state index in [1.165, 1.54) is 4.90 Å². The first-order chi connectivity index (χ1) is 14.5. The molecule has 0 aliphatic carbocycles. The van der Waals surface area contributed by atoms with Gasteiger partial charge in [0.2, 0.25) is 5.91 Å². The number of amides is 2. The van der Waals surface area contributed by atoms with Gasteiger partial charge in [-0.25, -0.2) is 0 Å². The zero-order valence-electron chi connectivity index (χ0n) is 17.5. The minimum atomic E-state index is -0.427. The predicted octanol–water partition coefficient (Wildman–Crippen LogP) is 2.25. The van der Waals surface area contributed by atoms with Gasteiger partial charge in [-0.15, -0.1) is 0 Å². The lowest BCUT2D eigenvalue weighted by atomic mass is 10.1. The van der Waals surface area contributed by atoms with Gasteiger partial charge < -0.3 is 15.0 Å². The van der Waals surface area contributed by atoms with E-state index in [1.807, 2.05) is 38.1 Å². The van der Waals surface area contributed by atoms with Gasteiger partial charge in [0.1, 0.15) is 0 Å². The van der Waals surface area contributed by atoms with E-state index in [0.717, 1.165) is 24.1 Å². The molecular weight excluding hydrogens is 386 g/mol. The summed E-state index contributed by atoms with van der Waals surface area (Å²) in [5, 5.41) is 13.0. The molecule has 0 bridgehead atoms. The first-order valence-electron chi connectivity index (χ1n) is 10.1. The Labute approximate surface area is 176 Å². The molecule has 2 N–H and O–H groups in total. The fraction of sp³-hybridized carbons (Fsp3) is 0.476. The molecule has 0 aliphatic heterocycles. The lowest BCUT2D eigenvalue weighted by molar-refractivity contribution is -0.152. The molecule has 0 saturated carbocycles. The number of para-hydroxylation sites is 1. The van der Waals surface area contributed by atoms with Crippen molar-refractivity contribution in [1.29, 1.82) is 0 Å². The van der Waals surface area contributed by atoms with Crippen molar-refractivity contribution < 1.29 is 19.1 Å². The summed E-state index contributed by atoms with van der Waals surface area (Å²) in [6.45, 7) is 3.78. The Morgan fingerprint density at radius 1 is 1.20 bits per heavy atom. The highest BCUT2D eigenvalue weighted by Gasteiger charge is 2.18. The summed E-state index contributed by atoms with van der Waals surface area (Å²) < 4.78 is 5.09. The third-order valence-corrected chi connectivity index (χ3v) is 4.49. The van der Waals surface area contributed by atoms with Crippen molar-refractivity contribution in [2.24, 2.45) is 0 Å². The molecule has 0 unspecified atom stereocenters. The van der Waals surface area contributed by atoms with Gasteiger partial charge in [-0.1, -0.05) is 25.1 Å². The number of nitrogens with zero attached hydrogens (tertiary/aromatic N) is 3. The molecule has 9 nitrogen and oxygen atoms in total. The summed E-state index contributed by atoms with van der Waals surface area (Å²) >= 11 is 0. The van der Waals surface area contributed by atoms with Crippen molar-refractivity contribution in [3.8, 4) is 0 Å². The molecule has 30 heavy (non-hydrogen) atoms. The molecule has 0 saturated heterocycles. The molecule has 1 aromatic heterocycles. The number of aromatic amines is 1. The number of ether oxygens (including phenoxy) is 1. The second-order valence-corrected chi connectivity index (χ2v) is 7.01. The molecule has 0 aliphatic rings. The number of nitrogens with one attached hydrogen (secondary N) is 2. The van der Waals surface area contributed by atoms with Crippen molar-refractivity contribution >= 4 is 23.5 Å². The van der Waals surface area contributed by atoms with Crippen LogP contribution in [0.15, 0.2) is 30.5 Å². The monoisotopic (exact) mass is 415 g/mol. The van der Waals surface area contributed by atoms with Gasteiger partial charge in [-0.05, 0) is 44.2 Å². The highest BCUT2D eigenvalue weighted by Crippen LogP contribution is 2.13. The number of unbranched alkanes of at least 4 members (excludes halogenated alkanes) is 1. The largest absolute Gasteiger partial charge is 0.456 e. The Morgan fingerprint density at radius 2 is 2.00 bits per heavy atom. The molecule has 162 valence electrons. The van der Waals surface area contributed by atoms with Crippen LogP contribution in [0.25, 0.3) is 0 Å². The van der Waals surface area contributed by atoms with Gasteiger partial charge >= 0.3 is 5.97 Å². The molecule has 9 heteroatoms. The van der Waals surface area contributed by atoms with Gasteiger partial charge in [0.15, 0.2) is 6.61 Å². The lowest BCUT2D eigenvalue weighted by Crippen LogP contribution is -2.40. The highest BCUT2D eigenvalue weighted by molar-refractivity contribution is 5.95.